The maximum absolute atomic E-state index is 10.3. The summed E-state index contributed by atoms with van der Waals surface area (Å²) in [5.74, 6) is 0. The molecule has 0 rings (SSSR count). The second-order valence-electron chi connectivity index (χ2n) is 1.48. The molecule has 8 heavy (non-hydrogen) atoms. The molecule has 1 atom stereocenters. The third-order valence-corrected chi connectivity index (χ3v) is 1.37. The summed E-state index contributed by atoms with van der Waals surface area (Å²) in [5, 5.41) is 2.98. The Morgan fingerprint density at radius 3 is 2.25 bits per heavy atom. The Balaban J connectivity index is 0. The molecule has 0 aliphatic rings. The van der Waals surface area contributed by atoms with Crippen LogP contribution >= 0.6 is 7.80 Å². The number of hydrogen-bond acceptors (Lipinski definition) is 2. The van der Waals surface area contributed by atoms with E-state index in [4.69, 9.17) is 0 Å². The van der Waals surface area contributed by atoms with Crippen LogP contribution in [0.3, 0.4) is 0 Å². The van der Waals surface area contributed by atoms with E-state index in [1.165, 1.54) is 0 Å². The van der Waals surface area contributed by atoms with Crippen LogP contribution < -0.4 is 5.32 Å². The molecule has 0 aliphatic carbocycles. The third-order valence-electron chi connectivity index (χ3n) is 0.624. The summed E-state index contributed by atoms with van der Waals surface area (Å²) in [7, 11) is -1.26. The minimum atomic E-state index is -1.26. The maximum Gasteiger partial charge on any atom is 0.0863 e. The Bertz CT molecular complexity index is 69.1. The summed E-state index contributed by atoms with van der Waals surface area (Å²) in [6, 6.07) is 0. The van der Waals surface area contributed by atoms with E-state index in [0.29, 0.717) is 6.29 Å². The van der Waals surface area contributed by atoms with E-state index < -0.39 is 7.80 Å². The summed E-state index contributed by atoms with van der Waals surface area (Å²) in [5.41, 5.74) is 0. The minimum Gasteiger partial charge on any atom is -0.326 e. The van der Waals surface area contributed by atoms with Crippen LogP contribution in [0.5, 0.6) is 0 Å². The van der Waals surface area contributed by atoms with Crippen LogP contribution in [0.15, 0.2) is 0 Å². The number of nitrogens with one attached hydrogen (secondary N) is 1. The van der Waals surface area contributed by atoms with Crippen molar-refractivity contribution in [2.24, 2.45) is 0 Å². The Morgan fingerprint density at radius 2 is 2.12 bits per heavy atom. The summed E-state index contributed by atoms with van der Waals surface area (Å²) in [6.07, 6.45) is 0.696. The van der Waals surface area contributed by atoms with Crippen LogP contribution in [0.4, 0.5) is 0 Å². The molecule has 0 aromatic heterocycles. The van der Waals surface area contributed by atoms with Crippen LogP contribution in [0.1, 0.15) is 6.92 Å². The average molecular weight is 210 g/mol. The van der Waals surface area contributed by atoms with Crippen LogP contribution in [0, 0.1) is 0 Å². The van der Waals surface area contributed by atoms with Crippen molar-refractivity contribution in [3.63, 3.8) is 0 Å². The third kappa shape index (κ3) is 10.3. The van der Waals surface area contributed by atoms with Crippen LogP contribution in [-0.2, 0) is 37.3 Å². The van der Waals surface area contributed by atoms with E-state index in [1.807, 2.05) is 6.92 Å². The smallest absolute Gasteiger partial charge is 0.0863 e. The molecule has 0 amide bonds. The van der Waals surface area contributed by atoms with Gasteiger partial charge in [-0.05, 0) is 13.2 Å². The van der Waals surface area contributed by atoms with Gasteiger partial charge in [0.25, 0.3) is 0 Å². The molecule has 0 aromatic rings. The first-order valence-corrected chi connectivity index (χ1v) is 4.59. The summed E-state index contributed by atoms with van der Waals surface area (Å²) in [4.78, 5) is 0. The van der Waals surface area contributed by atoms with Crippen molar-refractivity contribution in [1.82, 2.24) is 5.32 Å². The molecule has 4 heteroatoms. The first-order valence-electron chi connectivity index (χ1n) is 2.47. The van der Waals surface area contributed by atoms with Gasteiger partial charge in [-0.2, -0.15) is 0 Å². The molecule has 2 nitrogen and oxygen atoms in total. The molecular formula is C4H12NOPY. The van der Waals surface area contributed by atoms with Gasteiger partial charge in [0.2, 0.25) is 0 Å². The predicted molar refractivity (Wildman–Crippen MR) is 33.5 cm³/mol. The summed E-state index contributed by atoms with van der Waals surface area (Å²) >= 11 is 0. The minimum absolute atomic E-state index is 0. The van der Waals surface area contributed by atoms with E-state index in [2.05, 4.69) is 5.32 Å². The molecule has 0 bridgehead atoms. The van der Waals surface area contributed by atoms with Crippen LogP contribution in [0.2, 0.25) is 0 Å². The molecule has 0 fully saturated rings. The zero-order chi connectivity index (χ0) is 5.70. The Kier molecular flexibility index (Phi) is 12.5. The van der Waals surface area contributed by atoms with Gasteiger partial charge in [0, 0.05) is 39.0 Å². The fraction of sp³-hybridized carbons (Fsp3) is 1.00. The SMILES string of the molecule is CCNC[PH](C)=O.[Y]. The molecule has 1 unspecified atom stereocenters. The normalized spacial score (nSPS) is 12.2. The van der Waals surface area contributed by atoms with Gasteiger partial charge in [-0.15, -0.1) is 0 Å². The maximum atomic E-state index is 10.3. The second-order valence-corrected chi connectivity index (χ2v) is 3.24. The molecule has 1 radical (unpaired) electrons. The van der Waals surface area contributed by atoms with Gasteiger partial charge >= 0.3 is 0 Å². The van der Waals surface area contributed by atoms with Crippen molar-refractivity contribution in [1.29, 1.82) is 0 Å². The first-order chi connectivity index (χ1) is 3.27. The van der Waals surface area contributed by atoms with E-state index in [1.54, 1.807) is 6.66 Å². The van der Waals surface area contributed by atoms with Crippen LogP contribution in [0.25, 0.3) is 0 Å². The van der Waals surface area contributed by atoms with Crippen molar-refractivity contribution in [3.8, 4) is 0 Å². The molecule has 0 spiro atoms. The standard InChI is InChI=1S/C4H12NOP.Y/c1-3-5-4-7(2)6;/h5,7H,3-4H2,1-2H3;. The van der Waals surface area contributed by atoms with Gasteiger partial charge in [0.05, 0.1) is 7.80 Å². The average Bonchev–Trinajstić information content (AvgIpc) is 1.61. The van der Waals surface area contributed by atoms with Crippen molar-refractivity contribution in [2.45, 2.75) is 6.92 Å². The first kappa shape index (κ1) is 12.0. The monoisotopic (exact) mass is 210 g/mol. The van der Waals surface area contributed by atoms with Gasteiger partial charge in [-0.25, -0.2) is 0 Å². The molecule has 0 heterocycles. The van der Waals surface area contributed by atoms with Crippen LogP contribution in [-0.4, -0.2) is 19.5 Å². The van der Waals surface area contributed by atoms with E-state index in [9.17, 15) is 4.57 Å². The fourth-order valence-electron chi connectivity index (χ4n) is 0.301. The Morgan fingerprint density at radius 1 is 1.62 bits per heavy atom. The van der Waals surface area contributed by atoms with E-state index in [0.717, 1.165) is 6.54 Å². The molecule has 0 aliphatic heterocycles. The molecule has 1 N–H and O–H groups in total. The second kappa shape index (κ2) is 8.29. The van der Waals surface area contributed by atoms with Gasteiger partial charge in [-0.3, -0.25) is 0 Å². The number of rotatable bonds is 3. The van der Waals surface area contributed by atoms with Crippen molar-refractivity contribution < 1.29 is 37.3 Å². The topological polar surface area (TPSA) is 29.1 Å². The quantitative estimate of drug-likeness (QED) is 0.696. The molecular weight excluding hydrogens is 198 g/mol. The van der Waals surface area contributed by atoms with E-state index >= 15 is 0 Å². The Hall–Kier alpha value is 1.29. The van der Waals surface area contributed by atoms with Crippen molar-refractivity contribution in [3.05, 3.63) is 0 Å². The fourth-order valence-corrected chi connectivity index (χ4v) is 0.903. The summed E-state index contributed by atoms with van der Waals surface area (Å²) < 4.78 is 10.3. The van der Waals surface area contributed by atoms with Gasteiger partial charge in [0.1, 0.15) is 0 Å². The van der Waals surface area contributed by atoms with Crippen molar-refractivity contribution in [2.75, 3.05) is 19.5 Å². The van der Waals surface area contributed by atoms with Gasteiger partial charge in [0.15, 0.2) is 0 Å². The molecule has 0 aromatic carbocycles. The predicted octanol–water partition coefficient (Wildman–Crippen LogP) is 0.740. The Labute approximate surface area is 76.5 Å². The van der Waals surface area contributed by atoms with Gasteiger partial charge < -0.3 is 9.88 Å². The summed E-state index contributed by atoms with van der Waals surface area (Å²) in [6.45, 7) is 4.68. The van der Waals surface area contributed by atoms with Gasteiger partial charge in [-0.1, -0.05) is 6.92 Å². The molecule has 47 valence electrons. The van der Waals surface area contributed by atoms with Crippen molar-refractivity contribution >= 4 is 7.80 Å². The largest absolute Gasteiger partial charge is 0.326 e. The molecule has 0 saturated carbocycles. The zero-order valence-electron chi connectivity index (χ0n) is 5.40. The van der Waals surface area contributed by atoms with E-state index in [-0.39, 0.29) is 32.7 Å². The molecule has 0 saturated heterocycles. The zero-order valence-corrected chi connectivity index (χ0v) is 9.24. The number of hydrogen-bond donors (Lipinski definition) is 1.